The zero-order chi connectivity index (χ0) is 29.7. The number of nitrogens with zero attached hydrogens (tertiary/aromatic N) is 2. The highest BCUT2D eigenvalue weighted by Gasteiger charge is 2.30. The van der Waals surface area contributed by atoms with Crippen LogP contribution < -0.4 is 35.6 Å². The van der Waals surface area contributed by atoms with Crippen LogP contribution in [0.4, 0.5) is 11.6 Å². The number of aromatic amines is 1. The molecule has 0 radical (unpaired) electrons. The van der Waals surface area contributed by atoms with Crippen molar-refractivity contribution in [3.8, 4) is 28.4 Å². The molecule has 0 saturated carbocycles. The highest BCUT2D eigenvalue weighted by Crippen LogP contribution is 2.50. The fourth-order valence-corrected chi connectivity index (χ4v) is 5.19. The average Bonchev–Trinajstić information content (AvgIpc) is 3.34. The number of carbonyl (C=O) groups excluding carboxylic acids is 2. The summed E-state index contributed by atoms with van der Waals surface area (Å²) in [6, 6.07) is 5.72. The second-order valence-electron chi connectivity index (χ2n) is 10.2. The van der Waals surface area contributed by atoms with E-state index in [2.05, 4.69) is 31.1 Å². The molecule has 0 bridgehead atoms. The second kappa shape index (κ2) is 12.7. The molecule has 0 spiro atoms. The van der Waals surface area contributed by atoms with E-state index in [1.165, 1.54) is 26.4 Å². The van der Waals surface area contributed by atoms with Crippen LogP contribution in [0.15, 0.2) is 35.4 Å². The predicted octanol–water partition coefficient (Wildman–Crippen LogP) is 3.45. The number of rotatable bonds is 10. The number of anilines is 2. The first-order valence-electron chi connectivity index (χ1n) is 13.4. The van der Waals surface area contributed by atoms with Crippen molar-refractivity contribution in [2.75, 3.05) is 32.0 Å². The molecule has 2 aromatic carbocycles. The van der Waals surface area contributed by atoms with E-state index in [9.17, 15) is 14.4 Å². The number of hydrogen-bond acceptors (Lipinski definition) is 9. The van der Waals surface area contributed by atoms with Crippen molar-refractivity contribution in [2.24, 2.45) is 5.92 Å². The number of methoxy groups -OCH3 is 3. The minimum atomic E-state index is -0.729. The van der Waals surface area contributed by atoms with Crippen LogP contribution in [0.2, 0.25) is 0 Å². The van der Waals surface area contributed by atoms with E-state index in [1.54, 1.807) is 20.3 Å². The van der Waals surface area contributed by atoms with E-state index >= 15 is 0 Å². The Morgan fingerprint density at radius 1 is 1.10 bits per heavy atom. The third-order valence-electron chi connectivity index (χ3n) is 6.93. The Labute approximate surface area is 238 Å². The van der Waals surface area contributed by atoms with Gasteiger partial charge in [-0.15, -0.1) is 0 Å². The lowest BCUT2D eigenvalue weighted by Gasteiger charge is -2.20. The maximum absolute atomic E-state index is 13.7. The van der Waals surface area contributed by atoms with Gasteiger partial charge >= 0.3 is 0 Å². The van der Waals surface area contributed by atoms with Crippen molar-refractivity contribution in [1.29, 1.82) is 0 Å². The number of ether oxygens (including phenoxy) is 3. The number of aryl methyl sites for hydroxylation is 1. The average molecular weight is 565 g/mol. The summed E-state index contributed by atoms with van der Waals surface area (Å²) in [5.74, 6) is 1.19. The van der Waals surface area contributed by atoms with Crippen LogP contribution in [-0.2, 0) is 16.0 Å². The number of carbonyl (C=O) groups is 2. The number of amides is 2. The summed E-state index contributed by atoms with van der Waals surface area (Å²) >= 11 is 0. The Bertz CT molecular complexity index is 1470. The van der Waals surface area contributed by atoms with Gasteiger partial charge in [-0.25, -0.2) is 5.10 Å². The summed E-state index contributed by atoms with van der Waals surface area (Å²) in [7, 11) is 4.64. The van der Waals surface area contributed by atoms with E-state index in [1.807, 2.05) is 26.0 Å². The number of benzene rings is 1. The Hall–Kier alpha value is -4.61. The lowest BCUT2D eigenvalue weighted by Crippen LogP contribution is -2.37. The number of nitrogens with one attached hydrogen (secondary N) is 4. The molecule has 41 heavy (non-hydrogen) atoms. The van der Waals surface area contributed by atoms with Crippen LogP contribution in [0.1, 0.15) is 50.8 Å². The minimum absolute atomic E-state index is 0.153. The molecular formula is C29H36N6O6. The molecule has 0 aliphatic heterocycles. The molecule has 1 aliphatic carbocycles. The second-order valence-corrected chi connectivity index (χ2v) is 10.2. The van der Waals surface area contributed by atoms with Crippen molar-refractivity contribution in [3.05, 3.63) is 51.9 Å². The van der Waals surface area contributed by atoms with Crippen molar-refractivity contribution in [2.45, 2.75) is 52.1 Å². The van der Waals surface area contributed by atoms with Gasteiger partial charge in [0.25, 0.3) is 0 Å². The topological polar surface area (TPSA) is 157 Å². The van der Waals surface area contributed by atoms with E-state index in [0.717, 1.165) is 11.1 Å². The molecule has 12 heteroatoms. The molecule has 4 rings (SSSR count). The number of hydrogen-bond donors (Lipinski definition) is 4. The monoisotopic (exact) mass is 564 g/mol. The van der Waals surface area contributed by atoms with Crippen molar-refractivity contribution < 1.29 is 23.8 Å². The van der Waals surface area contributed by atoms with Crippen LogP contribution in [0.5, 0.6) is 17.2 Å². The quantitative estimate of drug-likeness (QED) is 0.290. The molecule has 0 saturated heterocycles. The number of fused-ring (bicyclic) bond motifs is 3. The Morgan fingerprint density at radius 2 is 1.85 bits per heavy atom. The van der Waals surface area contributed by atoms with Crippen molar-refractivity contribution in [1.82, 2.24) is 20.5 Å². The van der Waals surface area contributed by atoms with Crippen LogP contribution in [0, 0.1) is 5.92 Å². The summed E-state index contributed by atoms with van der Waals surface area (Å²) in [6.07, 6.45) is 2.88. The smallest absolute Gasteiger partial charge is 0.249 e. The highest BCUT2D eigenvalue weighted by molar-refractivity contribution is 5.95. The predicted molar refractivity (Wildman–Crippen MR) is 155 cm³/mol. The molecule has 0 unspecified atom stereocenters. The molecule has 2 atom stereocenters. The molecule has 12 nitrogen and oxygen atoms in total. The highest BCUT2D eigenvalue weighted by atomic mass is 16.5. The van der Waals surface area contributed by atoms with Crippen LogP contribution in [0.3, 0.4) is 0 Å². The van der Waals surface area contributed by atoms with Gasteiger partial charge in [0.2, 0.25) is 28.9 Å². The summed E-state index contributed by atoms with van der Waals surface area (Å²) in [6.45, 7) is 5.43. The first-order chi connectivity index (χ1) is 19.7. The van der Waals surface area contributed by atoms with E-state index in [4.69, 9.17) is 14.2 Å². The first kappa shape index (κ1) is 29.4. The summed E-state index contributed by atoms with van der Waals surface area (Å²) in [5.41, 5.74) is 2.91. The fourth-order valence-electron chi connectivity index (χ4n) is 5.19. The third kappa shape index (κ3) is 6.42. The van der Waals surface area contributed by atoms with E-state index in [0.29, 0.717) is 47.6 Å². The van der Waals surface area contributed by atoms with E-state index in [-0.39, 0.29) is 34.8 Å². The normalized spacial score (nSPS) is 14.7. The van der Waals surface area contributed by atoms with Crippen LogP contribution in [0.25, 0.3) is 11.1 Å². The SMILES string of the molecule is COc1cc2c(c(OC)c1OC)-c1ccc(N[C@@H](CC(C)C)C(=O)Nc3ncn[nH]3)c(=O)cc1[C@@H](NC(C)=O)CC2. The molecule has 218 valence electrons. The van der Waals surface area contributed by atoms with Gasteiger partial charge in [0, 0.05) is 12.5 Å². The lowest BCUT2D eigenvalue weighted by molar-refractivity contribution is -0.120. The van der Waals surface area contributed by atoms with Crippen molar-refractivity contribution >= 4 is 23.5 Å². The Morgan fingerprint density at radius 3 is 2.46 bits per heavy atom. The maximum atomic E-state index is 13.7. The lowest BCUT2D eigenvalue weighted by atomic mass is 9.95. The summed E-state index contributed by atoms with van der Waals surface area (Å²) in [4.78, 5) is 43.0. The zero-order valence-corrected chi connectivity index (χ0v) is 24.1. The molecule has 4 N–H and O–H groups in total. The summed E-state index contributed by atoms with van der Waals surface area (Å²) in [5, 5.41) is 15.2. The molecule has 3 aromatic rings. The standard InChI is InChI=1S/C29H36N6O6/c1-15(2)11-22(28(38)34-29-30-14-31-35-29)33-21-10-8-18-19(13-23(21)37)20(32-16(3)36)9-7-17-12-24(39-4)26(40-5)27(41-6)25(17)18/h8,10,12-15,20,22H,7,9,11H2,1-6H3,(H,32,36)(H,33,37)(H2,30,31,34,35,38)/t20-,22-/m0/s1. The van der Waals surface area contributed by atoms with Crippen LogP contribution >= 0.6 is 0 Å². The molecule has 0 fully saturated rings. The van der Waals surface area contributed by atoms with Gasteiger partial charge in [0.15, 0.2) is 11.5 Å². The maximum Gasteiger partial charge on any atom is 0.249 e. The van der Waals surface area contributed by atoms with Crippen LogP contribution in [-0.4, -0.2) is 54.4 Å². The minimum Gasteiger partial charge on any atom is -0.493 e. The largest absolute Gasteiger partial charge is 0.493 e. The molecular weight excluding hydrogens is 528 g/mol. The first-order valence-corrected chi connectivity index (χ1v) is 13.4. The zero-order valence-electron chi connectivity index (χ0n) is 24.1. The van der Waals surface area contributed by atoms with Gasteiger partial charge in [0.05, 0.1) is 33.1 Å². The van der Waals surface area contributed by atoms with Gasteiger partial charge < -0.3 is 24.8 Å². The third-order valence-corrected chi connectivity index (χ3v) is 6.93. The molecule has 1 aliphatic rings. The van der Waals surface area contributed by atoms with Gasteiger partial charge in [-0.3, -0.25) is 19.7 Å². The molecule has 1 aromatic heterocycles. The Kier molecular flexibility index (Phi) is 9.10. The van der Waals surface area contributed by atoms with Gasteiger partial charge in [-0.1, -0.05) is 19.9 Å². The summed E-state index contributed by atoms with van der Waals surface area (Å²) < 4.78 is 17.1. The van der Waals surface area contributed by atoms with Gasteiger partial charge in [-0.05, 0) is 60.1 Å². The number of H-pyrrole nitrogens is 1. The molecule has 1 heterocycles. The van der Waals surface area contributed by atoms with Crippen molar-refractivity contribution in [3.63, 3.8) is 0 Å². The fraction of sp³-hybridized carbons (Fsp3) is 0.414. The van der Waals surface area contributed by atoms with Gasteiger partial charge in [-0.2, -0.15) is 10.1 Å². The molecule has 2 amide bonds. The Balaban J connectivity index is 1.87. The van der Waals surface area contributed by atoms with E-state index < -0.39 is 12.1 Å². The number of aromatic nitrogens is 3. The van der Waals surface area contributed by atoms with Gasteiger partial charge in [0.1, 0.15) is 12.4 Å².